The number of rotatable bonds is 5. The van der Waals surface area contributed by atoms with Gasteiger partial charge in [-0.05, 0) is 81.9 Å². The predicted octanol–water partition coefficient (Wildman–Crippen LogP) is 16.2. The second kappa shape index (κ2) is 14.0. The highest BCUT2D eigenvalue weighted by molar-refractivity contribution is 7.25. The molecule has 302 valence electrons. The van der Waals surface area contributed by atoms with E-state index >= 15 is 0 Å². The molecule has 4 heterocycles. The van der Waals surface area contributed by atoms with E-state index in [-0.39, 0.29) is 0 Å². The minimum Gasteiger partial charge on any atom is -0.455 e. The molecule has 0 fully saturated rings. The van der Waals surface area contributed by atoms with Crippen LogP contribution in [0.5, 0.6) is 0 Å². The first-order valence-corrected chi connectivity index (χ1v) is 22.6. The molecule has 0 aliphatic rings. The Bertz CT molecular complexity index is 4260. The van der Waals surface area contributed by atoms with E-state index in [0.29, 0.717) is 17.5 Å². The van der Waals surface area contributed by atoms with Crippen LogP contribution in [0.15, 0.2) is 211 Å². The van der Waals surface area contributed by atoms with Crippen molar-refractivity contribution in [1.29, 1.82) is 0 Å². The summed E-state index contributed by atoms with van der Waals surface area (Å²) in [6.45, 7) is 0. The quantitative estimate of drug-likeness (QED) is 0.173. The van der Waals surface area contributed by atoms with Crippen molar-refractivity contribution >= 4 is 96.8 Å². The van der Waals surface area contributed by atoms with E-state index in [1.54, 1.807) is 11.3 Å². The number of hydrogen-bond donors (Lipinski definition) is 0. The average Bonchev–Trinajstić information content (AvgIpc) is 4.05. The lowest BCUT2D eigenvalue weighted by atomic mass is 10.0. The van der Waals surface area contributed by atoms with Crippen LogP contribution in [0.4, 0.5) is 0 Å². The standard InChI is InChI=1S/C59H34N4OS/c1-2-13-35(14-3-1)37-18-12-19-40(29-37)57-60-58(41-26-27-46-45-22-9-11-24-53(45)65-54(46)32-41)62-59(61-57)50-34-42(33-49-47-28-25-36-15-6-7-20-43(36)55(47)64-56(49)50)63-51-23-10-8-21-44(51)48-30-38-16-4-5-17-39(38)31-52(48)63/h1-34H. The molecular weight excluding hydrogens is 813 g/mol. The lowest BCUT2D eigenvalue weighted by Gasteiger charge is -2.13. The monoisotopic (exact) mass is 846 g/mol. The van der Waals surface area contributed by atoms with E-state index < -0.39 is 0 Å². The summed E-state index contributed by atoms with van der Waals surface area (Å²) in [4.78, 5) is 16.1. The fourth-order valence-corrected chi connectivity index (χ4v) is 11.1. The van der Waals surface area contributed by atoms with Crippen LogP contribution in [-0.2, 0) is 0 Å². The van der Waals surface area contributed by atoms with Gasteiger partial charge in [0.25, 0.3) is 0 Å². The second-order valence-electron chi connectivity index (χ2n) is 16.8. The number of furan rings is 1. The topological polar surface area (TPSA) is 56.7 Å². The van der Waals surface area contributed by atoms with Gasteiger partial charge in [-0.3, -0.25) is 0 Å². The Hall–Kier alpha value is -8.45. The molecule has 0 unspecified atom stereocenters. The second-order valence-corrected chi connectivity index (χ2v) is 17.9. The largest absolute Gasteiger partial charge is 0.455 e. The van der Waals surface area contributed by atoms with E-state index in [4.69, 9.17) is 19.4 Å². The van der Waals surface area contributed by atoms with Crippen LogP contribution in [-0.4, -0.2) is 19.5 Å². The van der Waals surface area contributed by atoms with Crippen LogP contribution in [0.3, 0.4) is 0 Å². The molecule has 5 nitrogen and oxygen atoms in total. The van der Waals surface area contributed by atoms with E-state index in [0.717, 1.165) is 77.2 Å². The number of thiophene rings is 1. The minimum atomic E-state index is 0.535. The Labute approximate surface area is 376 Å². The summed E-state index contributed by atoms with van der Waals surface area (Å²) in [5.74, 6) is 1.72. The molecule has 0 amide bonds. The molecule has 0 aliphatic heterocycles. The molecule has 0 radical (unpaired) electrons. The fraction of sp³-hybridized carbons (Fsp3) is 0. The zero-order valence-corrected chi connectivity index (χ0v) is 35.6. The van der Waals surface area contributed by atoms with Crippen molar-refractivity contribution in [3.05, 3.63) is 206 Å². The lowest BCUT2D eigenvalue weighted by Crippen LogP contribution is -2.02. The third-order valence-electron chi connectivity index (χ3n) is 13.0. The van der Waals surface area contributed by atoms with Gasteiger partial charge in [-0.25, -0.2) is 15.0 Å². The maximum atomic E-state index is 7.11. The van der Waals surface area contributed by atoms with Crippen LogP contribution in [0.2, 0.25) is 0 Å². The van der Waals surface area contributed by atoms with Crippen molar-refractivity contribution in [3.63, 3.8) is 0 Å². The third kappa shape index (κ3) is 5.67. The molecular formula is C59H34N4OS. The number of aromatic nitrogens is 4. The summed E-state index contributed by atoms with van der Waals surface area (Å²) < 4.78 is 11.9. The lowest BCUT2D eigenvalue weighted by molar-refractivity contribution is 0.673. The molecule has 10 aromatic carbocycles. The van der Waals surface area contributed by atoms with E-state index in [1.165, 1.54) is 41.7 Å². The van der Waals surface area contributed by atoms with Crippen molar-refractivity contribution in [1.82, 2.24) is 19.5 Å². The molecule has 0 saturated carbocycles. The highest BCUT2D eigenvalue weighted by Gasteiger charge is 2.23. The summed E-state index contributed by atoms with van der Waals surface area (Å²) in [5, 5.41) is 11.5. The van der Waals surface area contributed by atoms with Crippen molar-refractivity contribution < 1.29 is 4.42 Å². The summed E-state index contributed by atoms with van der Waals surface area (Å²) >= 11 is 1.79. The van der Waals surface area contributed by atoms with Gasteiger partial charge in [-0.1, -0.05) is 152 Å². The maximum absolute atomic E-state index is 7.11. The number of hydrogen-bond acceptors (Lipinski definition) is 5. The van der Waals surface area contributed by atoms with Crippen molar-refractivity contribution in [2.24, 2.45) is 0 Å². The summed E-state index contributed by atoms with van der Waals surface area (Å²) in [5.41, 5.74) is 9.63. The van der Waals surface area contributed by atoms with Gasteiger partial charge in [-0.15, -0.1) is 11.3 Å². The molecule has 0 atom stereocenters. The summed E-state index contributed by atoms with van der Waals surface area (Å²) in [6, 6.07) is 73.3. The van der Waals surface area contributed by atoms with Gasteiger partial charge < -0.3 is 8.98 Å². The van der Waals surface area contributed by atoms with Gasteiger partial charge >= 0.3 is 0 Å². The average molecular weight is 847 g/mol. The highest BCUT2D eigenvalue weighted by Crippen LogP contribution is 2.43. The van der Waals surface area contributed by atoms with E-state index in [9.17, 15) is 0 Å². The van der Waals surface area contributed by atoms with E-state index in [1.807, 2.05) is 6.07 Å². The van der Waals surface area contributed by atoms with Crippen LogP contribution >= 0.6 is 11.3 Å². The van der Waals surface area contributed by atoms with Gasteiger partial charge in [-0.2, -0.15) is 0 Å². The molecule has 0 saturated heterocycles. The van der Waals surface area contributed by atoms with Gasteiger partial charge in [0.15, 0.2) is 17.5 Å². The van der Waals surface area contributed by atoms with Crippen molar-refractivity contribution in [2.75, 3.05) is 0 Å². The highest BCUT2D eigenvalue weighted by atomic mass is 32.1. The molecule has 4 aromatic heterocycles. The summed E-state index contributed by atoms with van der Waals surface area (Å²) in [6.07, 6.45) is 0. The molecule has 14 rings (SSSR count). The molecule has 14 aromatic rings. The molecule has 0 bridgehead atoms. The zero-order chi connectivity index (χ0) is 42.6. The Kier molecular flexibility index (Phi) is 7.79. The molecule has 0 N–H and O–H groups in total. The Balaban J connectivity index is 1.08. The molecule has 6 heteroatoms. The van der Waals surface area contributed by atoms with Gasteiger partial charge in [0.1, 0.15) is 11.2 Å². The molecule has 65 heavy (non-hydrogen) atoms. The number of benzene rings is 10. The first kappa shape index (κ1) is 36.1. The Morgan fingerprint density at radius 1 is 0.338 bits per heavy atom. The van der Waals surface area contributed by atoms with Crippen LogP contribution in [0.1, 0.15) is 0 Å². The van der Waals surface area contributed by atoms with Gasteiger partial charge in [0.2, 0.25) is 0 Å². The van der Waals surface area contributed by atoms with Crippen LogP contribution < -0.4 is 0 Å². The van der Waals surface area contributed by atoms with Crippen LogP contribution in [0.25, 0.3) is 136 Å². The first-order valence-electron chi connectivity index (χ1n) is 21.8. The minimum absolute atomic E-state index is 0.535. The smallest absolute Gasteiger partial charge is 0.167 e. The predicted molar refractivity (Wildman–Crippen MR) is 271 cm³/mol. The van der Waals surface area contributed by atoms with Gasteiger partial charge in [0, 0.05) is 63.9 Å². The van der Waals surface area contributed by atoms with E-state index in [2.05, 4.69) is 205 Å². The number of fused-ring (bicyclic) bond motifs is 12. The first-order chi connectivity index (χ1) is 32.2. The van der Waals surface area contributed by atoms with Crippen molar-refractivity contribution in [2.45, 2.75) is 0 Å². The maximum Gasteiger partial charge on any atom is 0.167 e. The van der Waals surface area contributed by atoms with Gasteiger partial charge in [0.05, 0.1) is 16.6 Å². The molecule has 0 aliphatic carbocycles. The normalized spacial score (nSPS) is 12.0. The Morgan fingerprint density at radius 3 is 1.85 bits per heavy atom. The fourth-order valence-electron chi connectivity index (χ4n) is 9.91. The zero-order valence-electron chi connectivity index (χ0n) is 34.7. The van der Waals surface area contributed by atoms with Crippen molar-refractivity contribution in [3.8, 4) is 51.0 Å². The SMILES string of the molecule is c1ccc(-c2cccc(-c3nc(-c4ccc5c(c4)sc4ccccc45)nc(-c4cc(-n5c6ccccc6c6cc7ccccc7cc65)cc5c4oc4c6ccccc6ccc54)n3)c2)cc1. The number of nitrogens with zero attached hydrogens (tertiary/aromatic N) is 4. The number of para-hydroxylation sites is 1. The van der Waals surface area contributed by atoms with Crippen LogP contribution in [0, 0.1) is 0 Å². The molecule has 0 spiro atoms. The third-order valence-corrected chi connectivity index (χ3v) is 14.1. The Morgan fingerprint density at radius 2 is 0.985 bits per heavy atom. The summed E-state index contributed by atoms with van der Waals surface area (Å²) in [7, 11) is 0.